The standard InChI is InChI=1S/C8H4BrClN.Na.H3O4P/c9-6-1-2-7-5(8(6)10)3-4-11-7;;1-5(2,3)4/h1-2,4,11H;;(H3,1,2,3,4)/q-1;+1;. The summed E-state index contributed by atoms with van der Waals surface area (Å²) in [5.74, 6) is 0. The molecule has 0 atom stereocenters. The zero-order chi connectivity index (χ0) is 12.3. The third-order valence-corrected chi connectivity index (χ3v) is 2.82. The van der Waals surface area contributed by atoms with E-state index in [1.807, 2.05) is 12.1 Å². The van der Waals surface area contributed by atoms with Crippen molar-refractivity contribution in [3.05, 3.63) is 33.9 Å². The van der Waals surface area contributed by atoms with Gasteiger partial charge in [-0.1, -0.05) is 39.8 Å². The van der Waals surface area contributed by atoms with Crippen LogP contribution in [0.5, 0.6) is 0 Å². The van der Waals surface area contributed by atoms with E-state index in [2.05, 4.69) is 27.0 Å². The zero-order valence-corrected chi connectivity index (χ0v) is 13.9. The van der Waals surface area contributed by atoms with Crippen molar-refractivity contribution in [2.45, 2.75) is 0 Å². The smallest absolute Gasteiger partial charge is 0.424 e. The maximum atomic E-state index is 8.88. The third kappa shape index (κ3) is 6.38. The van der Waals surface area contributed by atoms with Crippen molar-refractivity contribution >= 4 is 46.3 Å². The average Bonchev–Trinajstić information content (AvgIpc) is 2.57. The number of aromatic nitrogens is 1. The van der Waals surface area contributed by atoms with Gasteiger partial charge in [-0.3, -0.25) is 0 Å². The molecule has 2 rings (SSSR count). The summed E-state index contributed by atoms with van der Waals surface area (Å²) < 4.78 is 9.79. The zero-order valence-electron chi connectivity index (χ0n) is 8.69. The molecule has 0 aliphatic carbocycles. The van der Waals surface area contributed by atoms with E-state index in [-0.39, 0.29) is 29.6 Å². The van der Waals surface area contributed by atoms with Gasteiger partial charge in [-0.05, 0) is 9.50 Å². The first kappa shape index (κ1) is 17.6. The number of benzene rings is 1. The number of hydrogen-bond acceptors (Lipinski definition) is 1. The van der Waals surface area contributed by atoms with E-state index in [4.69, 9.17) is 30.8 Å². The minimum atomic E-state index is -4.64. The van der Waals surface area contributed by atoms with Crippen molar-refractivity contribution in [3.8, 4) is 0 Å². The molecule has 0 spiro atoms. The van der Waals surface area contributed by atoms with E-state index in [1.54, 1.807) is 6.20 Å². The van der Waals surface area contributed by atoms with Gasteiger partial charge in [0.25, 0.3) is 0 Å². The van der Waals surface area contributed by atoms with Gasteiger partial charge in [0.15, 0.2) is 0 Å². The Morgan fingerprint density at radius 2 is 1.88 bits per heavy atom. The molecule has 5 nitrogen and oxygen atoms in total. The topological polar surface area (TPSA) is 93.6 Å². The van der Waals surface area contributed by atoms with E-state index >= 15 is 0 Å². The molecule has 0 radical (unpaired) electrons. The second kappa shape index (κ2) is 7.28. The van der Waals surface area contributed by atoms with Crippen LogP contribution in [0.1, 0.15) is 0 Å². The predicted octanol–water partition coefficient (Wildman–Crippen LogP) is -0.541. The van der Waals surface area contributed by atoms with Crippen LogP contribution < -0.4 is 29.6 Å². The molecule has 0 saturated carbocycles. The summed E-state index contributed by atoms with van der Waals surface area (Å²) in [6.45, 7) is 0. The number of nitrogens with one attached hydrogen (secondary N) is 1. The molecule has 0 aliphatic heterocycles. The number of rotatable bonds is 0. The number of H-pyrrole nitrogens is 1. The Bertz CT molecular complexity index is 535. The third-order valence-electron chi connectivity index (χ3n) is 1.54. The Morgan fingerprint density at radius 1 is 1.35 bits per heavy atom. The molecule has 17 heavy (non-hydrogen) atoms. The van der Waals surface area contributed by atoms with Crippen molar-refractivity contribution in [2.75, 3.05) is 0 Å². The molecule has 4 N–H and O–H groups in total. The van der Waals surface area contributed by atoms with Gasteiger partial charge in [0, 0.05) is 0 Å². The van der Waals surface area contributed by atoms with Crippen LogP contribution in [0.4, 0.5) is 0 Å². The van der Waals surface area contributed by atoms with Crippen molar-refractivity contribution in [3.63, 3.8) is 0 Å². The molecule has 9 heteroatoms. The Kier molecular flexibility index (Phi) is 7.56. The number of phosphoric acid groups is 1. The summed E-state index contributed by atoms with van der Waals surface area (Å²) in [7, 11) is -4.64. The minimum absolute atomic E-state index is 0. The molecule has 0 fully saturated rings. The van der Waals surface area contributed by atoms with Gasteiger partial charge < -0.3 is 19.7 Å². The van der Waals surface area contributed by atoms with Gasteiger partial charge in [0.05, 0.1) is 0 Å². The van der Waals surface area contributed by atoms with Gasteiger partial charge in [0.1, 0.15) is 0 Å². The van der Waals surface area contributed by atoms with Crippen LogP contribution in [-0.2, 0) is 4.57 Å². The Morgan fingerprint density at radius 3 is 2.41 bits per heavy atom. The van der Waals surface area contributed by atoms with Crippen LogP contribution in [0.15, 0.2) is 22.8 Å². The van der Waals surface area contributed by atoms with Gasteiger partial charge in [-0.25, -0.2) is 4.57 Å². The van der Waals surface area contributed by atoms with Crippen LogP contribution in [0.25, 0.3) is 10.9 Å². The number of aromatic amines is 1. The Labute approximate surface area is 133 Å². The SMILES string of the molecule is Clc1c(Br)ccc2[nH]c[c-]c12.O=P(O)(O)O.[Na+]. The second-order valence-electron chi connectivity index (χ2n) is 2.73. The summed E-state index contributed by atoms with van der Waals surface area (Å²) >= 11 is 9.30. The fraction of sp³-hybridized carbons (Fsp3) is 0. The van der Waals surface area contributed by atoms with E-state index in [0.29, 0.717) is 5.02 Å². The molecular formula is C8H7BrClNNaO4P. The summed E-state index contributed by atoms with van der Waals surface area (Å²) in [6.07, 6.45) is 1.75. The van der Waals surface area contributed by atoms with Crippen molar-refractivity contribution in [1.82, 2.24) is 4.98 Å². The monoisotopic (exact) mass is 349 g/mol. The first-order valence-corrected chi connectivity index (χ1v) is 6.63. The maximum Gasteiger partial charge on any atom is 1.00 e. The van der Waals surface area contributed by atoms with Crippen LogP contribution in [0, 0.1) is 6.07 Å². The van der Waals surface area contributed by atoms with E-state index < -0.39 is 7.82 Å². The molecule has 0 saturated heterocycles. The first-order chi connectivity index (χ1) is 7.29. The van der Waals surface area contributed by atoms with Crippen molar-refractivity contribution in [2.24, 2.45) is 0 Å². The summed E-state index contributed by atoms with van der Waals surface area (Å²) in [6, 6.07) is 6.88. The molecule has 0 amide bonds. The average molecular weight is 350 g/mol. The number of fused-ring (bicyclic) bond motifs is 1. The van der Waals surface area contributed by atoms with Gasteiger partial charge >= 0.3 is 37.4 Å². The second-order valence-corrected chi connectivity index (χ2v) is 4.99. The summed E-state index contributed by atoms with van der Waals surface area (Å²) in [4.78, 5) is 24.6. The van der Waals surface area contributed by atoms with E-state index in [1.165, 1.54) is 0 Å². The largest absolute Gasteiger partial charge is 1.00 e. The predicted molar refractivity (Wildman–Crippen MR) is 64.1 cm³/mol. The fourth-order valence-electron chi connectivity index (χ4n) is 0.998. The molecule has 2 aromatic rings. The number of hydrogen-bond donors (Lipinski definition) is 4. The van der Waals surface area contributed by atoms with Crippen LogP contribution in [0.3, 0.4) is 0 Å². The van der Waals surface area contributed by atoms with Gasteiger partial charge in [-0.15, -0.1) is 5.39 Å². The minimum Gasteiger partial charge on any atom is -0.424 e. The van der Waals surface area contributed by atoms with Crippen LogP contribution in [-0.4, -0.2) is 19.7 Å². The maximum absolute atomic E-state index is 8.88. The van der Waals surface area contributed by atoms with E-state index in [9.17, 15) is 0 Å². The molecule has 1 heterocycles. The molecule has 0 aliphatic rings. The summed E-state index contributed by atoms with van der Waals surface area (Å²) in [5, 5.41) is 1.64. The normalized spacial score (nSPS) is 10.4. The molecule has 1 aromatic heterocycles. The molecule has 1 aromatic carbocycles. The molecule has 88 valence electrons. The van der Waals surface area contributed by atoms with Crippen molar-refractivity contribution in [1.29, 1.82) is 0 Å². The first-order valence-electron chi connectivity index (χ1n) is 3.90. The van der Waals surface area contributed by atoms with Gasteiger partial charge in [0.2, 0.25) is 0 Å². The Balaban J connectivity index is 0.000000373. The fourth-order valence-corrected chi connectivity index (χ4v) is 1.55. The summed E-state index contributed by atoms with van der Waals surface area (Å²) in [5.41, 5.74) is 1.01. The van der Waals surface area contributed by atoms with Crippen LogP contribution >= 0.6 is 35.4 Å². The van der Waals surface area contributed by atoms with Gasteiger partial charge in [-0.2, -0.15) is 17.7 Å². The number of halogens is 2. The molecular weight excluding hydrogens is 343 g/mol. The van der Waals surface area contributed by atoms with E-state index in [0.717, 1.165) is 15.4 Å². The Hall–Kier alpha value is 0.640. The van der Waals surface area contributed by atoms with Crippen molar-refractivity contribution < 1.29 is 48.8 Å². The molecule has 0 unspecified atom stereocenters. The van der Waals surface area contributed by atoms with Crippen LogP contribution in [0.2, 0.25) is 5.02 Å². The molecule has 0 bridgehead atoms. The quantitative estimate of drug-likeness (QED) is 0.292.